The van der Waals surface area contributed by atoms with Crippen LogP contribution in [0.2, 0.25) is 0 Å². The third kappa shape index (κ3) is 2.42. The summed E-state index contributed by atoms with van der Waals surface area (Å²) >= 11 is 3.24. The molecule has 0 bridgehead atoms. The monoisotopic (exact) mass is 349 g/mol. The van der Waals surface area contributed by atoms with Crippen molar-refractivity contribution in [3.8, 4) is 0 Å². The van der Waals surface area contributed by atoms with Crippen molar-refractivity contribution in [2.45, 2.75) is 0 Å². The molecule has 0 spiro atoms. The molecule has 3 nitrogen and oxygen atoms in total. The topological polar surface area (TPSA) is 50.9 Å². The second-order valence-electron chi connectivity index (χ2n) is 4.44. The summed E-state index contributed by atoms with van der Waals surface area (Å²) < 4.78 is 28.6. The molecule has 0 aliphatic carbocycles. The Bertz CT molecular complexity index is 816. The Hall–Kier alpha value is -2.21. The van der Waals surface area contributed by atoms with E-state index in [0.717, 1.165) is 0 Å². The third-order valence-electron chi connectivity index (χ3n) is 3.09. The summed E-state index contributed by atoms with van der Waals surface area (Å²) in [6.45, 7) is 0. The van der Waals surface area contributed by atoms with Crippen molar-refractivity contribution in [2.75, 3.05) is 11.1 Å². The molecule has 6 heteroatoms. The van der Waals surface area contributed by atoms with E-state index in [1.54, 1.807) is 24.3 Å². The predicted octanol–water partition coefficient (Wildman–Crippen LogP) is 4.60. The minimum atomic E-state index is -0.589. The fourth-order valence-electron chi connectivity index (χ4n) is 2.10. The number of para-hydroxylation sites is 1. The van der Waals surface area contributed by atoms with Crippen molar-refractivity contribution in [1.29, 1.82) is 0 Å². The van der Waals surface area contributed by atoms with Gasteiger partial charge in [-0.2, -0.15) is 0 Å². The molecular formula is C15H10BrF2N3. The molecule has 1 aromatic heterocycles. The van der Waals surface area contributed by atoms with Crippen LogP contribution >= 0.6 is 15.9 Å². The molecule has 0 saturated carbocycles. The number of nitrogen functional groups attached to an aromatic ring is 1. The Morgan fingerprint density at radius 3 is 2.62 bits per heavy atom. The number of benzene rings is 2. The highest BCUT2D eigenvalue weighted by Gasteiger charge is 2.15. The summed E-state index contributed by atoms with van der Waals surface area (Å²) in [6, 6.07) is 9.15. The molecule has 0 atom stereocenters. The molecule has 0 radical (unpaired) electrons. The number of anilines is 3. The first kappa shape index (κ1) is 13.8. The normalized spacial score (nSPS) is 10.8. The molecule has 2 aromatic carbocycles. The van der Waals surface area contributed by atoms with Gasteiger partial charge in [-0.05, 0) is 46.3 Å². The van der Waals surface area contributed by atoms with Gasteiger partial charge in [0.2, 0.25) is 0 Å². The maximum Gasteiger partial charge on any atom is 0.150 e. The number of rotatable bonds is 2. The summed E-state index contributed by atoms with van der Waals surface area (Å²) in [7, 11) is 0. The summed E-state index contributed by atoms with van der Waals surface area (Å²) in [6.07, 6.45) is 1.53. The van der Waals surface area contributed by atoms with E-state index < -0.39 is 11.6 Å². The van der Waals surface area contributed by atoms with Crippen LogP contribution in [0.4, 0.5) is 25.8 Å². The summed E-state index contributed by atoms with van der Waals surface area (Å²) in [5.74, 6) is -1.08. The van der Waals surface area contributed by atoms with Gasteiger partial charge in [0.1, 0.15) is 11.5 Å². The van der Waals surface area contributed by atoms with Crippen molar-refractivity contribution < 1.29 is 8.78 Å². The fraction of sp³-hybridized carbons (Fsp3) is 0. The van der Waals surface area contributed by atoms with Crippen molar-refractivity contribution in [3.05, 3.63) is 58.7 Å². The van der Waals surface area contributed by atoms with Crippen molar-refractivity contribution >= 4 is 43.9 Å². The molecule has 0 amide bonds. The second-order valence-corrected chi connectivity index (χ2v) is 5.30. The van der Waals surface area contributed by atoms with E-state index in [-0.39, 0.29) is 17.1 Å². The van der Waals surface area contributed by atoms with Crippen LogP contribution in [-0.4, -0.2) is 4.98 Å². The smallest absolute Gasteiger partial charge is 0.150 e. The van der Waals surface area contributed by atoms with Crippen LogP contribution < -0.4 is 11.1 Å². The van der Waals surface area contributed by atoms with E-state index >= 15 is 0 Å². The molecule has 106 valence electrons. The SMILES string of the molecule is Nc1cc(F)c(Nc2c(F)cccc2Br)c2ncccc12. The number of nitrogens with two attached hydrogens (primary N) is 1. The number of nitrogens with zero attached hydrogens (tertiary/aromatic N) is 1. The summed E-state index contributed by atoms with van der Waals surface area (Å²) in [4.78, 5) is 4.14. The number of hydrogen-bond acceptors (Lipinski definition) is 3. The molecule has 0 aliphatic heterocycles. The maximum atomic E-state index is 14.2. The Morgan fingerprint density at radius 1 is 1.05 bits per heavy atom. The molecule has 3 N–H and O–H groups in total. The standard InChI is InChI=1S/C15H10BrF2N3/c16-9-4-1-5-10(17)14(9)21-15-11(18)7-12(19)8-3-2-6-20-13(8)15/h1-7,21H,19H2. The molecule has 1 heterocycles. The number of aromatic nitrogens is 1. The quantitative estimate of drug-likeness (QED) is 0.664. The van der Waals surface area contributed by atoms with Crippen LogP contribution in [0.25, 0.3) is 10.9 Å². The average Bonchev–Trinajstić information content (AvgIpc) is 2.46. The van der Waals surface area contributed by atoms with Gasteiger partial charge < -0.3 is 11.1 Å². The number of halogens is 3. The summed E-state index contributed by atoms with van der Waals surface area (Å²) in [5.41, 5.74) is 6.66. The van der Waals surface area contributed by atoms with Crippen molar-refractivity contribution in [3.63, 3.8) is 0 Å². The zero-order valence-corrected chi connectivity index (χ0v) is 12.3. The lowest BCUT2D eigenvalue weighted by Crippen LogP contribution is -2.01. The Balaban J connectivity index is 2.22. The Kier molecular flexibility index (Phi) is 3.47. The highest BCUT2D eigenvalue weighted by atomic mass is 79.9. The van der Waals surface area contributed by atoms with E-state index in [0.29, 0.717) is 15.4 Å². The Morgan fingerprint density at radius 2 is 1.86 bits per heavy atom. The van der Waals surface area contributed by atoms with Crippen LogP contribution in [-0.2, 0) is 0 Å². The van der Waals surface area contributed by atoms with Gasteiger partial charge in [0, 0.05) is 21.7 Å². The van der Waals surface area contributed by atoms with Crippen LogP contribution in [0.1, 0.15) is 0 Å². The lowest BCUT2D eigenvalue weighted by molar-refractivity contribution is 0.626. The maximum absolute atomic E-state index is 14.2. The fourth-order valence-corrected chi connectivity index (χ4v) is 2.54. The van der Waals surface area contributed by atoms with Crippen LogP contribution in [0.5, 0.6) is 0 Å². The molecule has 3 aromatic rings. The van der Waals surface area contributed by atoms with E-state index in [2.05, 4.69) is 26.2 Å². The van der Waals surface area contributed by atoms with E-state index in [1.807, 2.05) is 0 Å². The molecule has 3 rings (SSSR count). The zero-order chi connectivity index (χ0) is 15.0. The molecule has 0 unspecified atom stereocenters. The van der Waals surface area contributed by atoms with Gasteiger partial charge in [-0.15, -0.1) is 0 Å². The molecular weight excluding hydrogens is 340 g/mol. The van der Waals surface area contributed by atoms with Gasteiger partial charge in [0.05, 0.1) is 11.2 Å². The van der Waals surface area contributed by atoms with Crippen LogP contribution in [0.15, 0.2) is 47.1 Å². The first-order valence-electron chi connectivity index (χ1n) is 6.11. The molecule has 0 fully saturated rings. The average molecular weight is 350 g/mol. The van der Waals surface area contributed by atoms with Crippen LogP contribution in [0, 0.1) is 11.6 Å². The second kappa shape index (κ2) is 5.29. The highest BCUT2D eigenvalue weighted by Crippen LogP contribution is 2.35. The molecule has 0 aliphatic rings. The van der Waals surface area contributed by atoms with Crippen LogP contribution in [0.3, 0.4) is 0 Å². The van der Waals surface area contributed by atoms with E-state index in [1.165, 1.54) is 18.3 Å². The minimum absolute atomic E-state index is 0.0885. The number of nitrogens with one attached hydrogen (secondary N) is 1. The van der Waals surface area contributed by atoms with Gasteiger partial charge in [-0.3, -0.25) is 4.98 Å². The highest BCUT2D eigenvalue weighted by molar-refractivity contribution is 9.10. The lowest BCUT2D eigenvalue weighted by Gasteiger charge is -2.13. The predicted molar refractivity (Wildman–Crippen MR) is 83.5 cm³/mol. The van der Waals surface area contributed by atoms with Gasteiger partial charge in [-0.25, -0.2) is 8.78 Å². The lowest BCUT2D eigenvalue weighted by atomic mass is 10.1. The summed E-state index contributed by atoms with van der Waals surface area (Å²) in [5, 5.41) is 3.37. The van der Waals surface area contributed by atoms with Crippen molar-refractivity contribution in [1.82, 2.24) is 4.98 Å². The third-order valence-corrected chi connectivity index (χ3v) is 3.75. The molecule has 0 saturated heterocycles. The zero-order valence-electron chi connectivity index (χ0n) is 10.7. The largest absolute Gasteiger partial charge is 0.398 e. The first-order chi connectivity index (χ1) is 10.1. The first-order valence-corrected chi connectivity index (χ1v) is 6.91. The van der Waals surface area contributed by atoms with E-state index in [4.69, 9.17) is 5.73 Å². The number of pyridine rings is 1. The minimum Gasteiger partial charge on any atom is -0.398 e. The van der Waals surface area contributed by atoms with Crippen molar-refractivity contribution in [2.24, 2.45) is 0 Å². The van der Waals surface area contributed by atoms with Gasteiger partial charge >= 0.3 is 0 Å². The van der Waals surface area contributed by atoms with E-state index in [9.17, 15) is 8.78 Å². The number of hydrogen-bond donors (Lipinski definition) is 2. The molecule has 21 heavy (non-hydrogen) atoms. The van der Waals surface area contributed by atoms with Gasteiger partial charge in [0.15, 0.2) is 5.82 Å². The Labute approximate surface area is 127 Å². The number of fused-ring (bicyclic) bond motifs is 1. The van der Waals surface area contributed by atoms with Gasteiger partial charge in [0.25, 0.3) is 0 Å². The van der Waals surface area contributed by atoms with Gasteiger partial charge in [-0.1, -0.05) is 6.07 Å².